The highest BCUT2D eigenvalue weighted by molar-refractivity contribution is 5.99. The van der Waals surface area contributed by atoms with E-state index in [0.29, 0.717) is 0 Å². The molecule has 0 fully saturated rings. The van der Waals surface area contributed by atoms with E-state index in [9.17, 15) is 19.5 Å². The van der Waals surface area contributed by atoms with Gasteiger partial charge in [-0.25, -0.2) is 9.59 Å². The summed E-state index contributed by atoms with van der Waals surface area (Å²) in [6.07, 6.45) is 0.233. The van der Waals surface area contributed by atoms with Crippen molar-refractivity contribution in [1.82, 2.24) is 5.32 Å². The Morgan fingerprint density at radius 3 is 2.36 bits per heavy atom. The molecule has 4 N–H and O–H groups in total. The van der Waals surface area contributed by atoms with Crippen LogP contribution in [0, 0.1) is 0 Å². The van der Waals surface area contributed by atoms with Gasteiger partial charge < -0.3 is 20.9 Å². The van der Waals surface area contributed by atoms with E-state index in [-0.39, 0.29) is 17.7 Å². The molecule has 0 spiro atoms. The summed E-state index contributed by atoms with van der Waals surface area (Å²) in [7, 11) is 0. The fourth-order valence-electron chi connectivity index (χ4n) is 2.09. The van der Waals surface area contributed by atoms with Crippen LogP contribution in [0.2, 0.25) is 0 Å². The van der Waals surface area contributed by atoms with Crippen molar-refractivity contribution in [3.05, 3.63) is 65.7 Å². The lowest BCUT2D eigenvalue weighted by atomic mass is 10.1. The van der Waals surface area contributed by atoms with E-state index in [0.717, 1.165) is 5.56 Å². The Hall–Kier alpha value is -3.19. The molecule has 2 rings (SSSR count). The Kier molecular flexibility index (Phi) is 6.25. The highest BCUT2D eigenvalue weighted by Gasteiger charge is 2.20. The summed E-state index contributed by atoms with van der Waals surface area (Å²) in [6, 6.07) is 14.0. The highest BCUT2D eigenvalue weighted by Crippen LogP contribution is 2.14. The normalized spacial score (nSPS) is 11.4. The number of carbonyl (C=O) groups excluding carboxylic acids is 3. The van der Waals surface area contributed by atoms with Crippen LogP contribution >= 0.6 is 0 Å². The highest BCUT2D eigenvalue weighted by atomic mass is 16.6. The topological polar surface area (TPSA) is 119 Å². The van der Waals surface area contributed by atoms with Crippen LogP contribution in [0.5, 0.6) is 5.75 Å². The van der Waals surface area contributed by atoms with Crippen LogP contribution in [0.3, 0.4) is 0 Å². The predicted octanol–water partition coefficient (Wildman–Crippen LogP) is 0.762. The number of aromatic hydroxyl groups is 1. The first kappa shape index (κ1) is 18.2. The van der Waals surface area contributed by atoms with Gasteiger partial charge in [0.05, 0.1) is 5.56 Å². The SMILES string of the molecule is NC(Cc1ccccc1)C(=O)OC(=O)CNC(=O)c1ccccc1O. The summed E-state index contributed by atoms with van der Waals surface area (Å²) in [6.45, 7) is -0.517. The van der Waals surface area contributed by atoms with Gasteiger partial charge in [0, 0.05) is 0 Å². The van der Waals surface area contributed by atoms with Crippen LogP contribution in [0.15, 0.2) is 54.6 Å². The number of nitrogens with one attached hydrogen (secondary N) is 1. The molecule has 0 saturated carbocycles. The molecule has 0 radical (unpaired) electrons. The van der Waals surface area contributed by atoms with Crippen LogP contribution in [-0.2, 0) is 20.7 Å². The summed E-state index contributed by atoms with van der Waals surface area (Å²) in [5.41, 5.74) is 6.57. The number of carbonyl (C=O) groups is 3. The maximum atomic E-state index is 11.8. The fraction of sp³-hybridized carbons (Fsp3) is 0.167. The number of amides is 1. The zero-order chi connectivity index (χ0) is 18.2. The molecule has 1 unspecified atom stereocenters. The lowest BCUT2D eigenvalue weighted by Gasteiger charge is -2.11. The Morgan fingerprint density at radius 2 is 1.68 bits per heavy atom. The molecule has 0 saturated heterocycles. The molecule has 0 heterocycles. The minimum atomic E-state index is -0.986. The third-order valence-corrected chi connectivity index (χ3v) is 3.36. The number of para-hydroxylation sites is 1. The molecule has 0 bridgehead atoms. The van der Waals surface area contributed by atoms with Gasteiger partial charge in [0.25, 0.3) is 5.91 Å². The van der Waals surface area contributed by atoms with Crippen LogP contribution in [0.4, 0.5) is 0 Å². The van der Waals surface area contributed by atoms with Crippen molar-refractivity contribution in [2.45, 2.75) is 12.5 Å². The summed E-state index contributed by atoms with van der Waals surface area (Å²) in [4.78, 5) is 35.3. The Morgan fingerprint density at radius 1 is 1.04 bits per heavy atom. The average molecular weight is 342 g/mol. The van der Waals surface area contributed by atoms with E-state index in [1.807, 2.05) is 30.3 Å². The summed E-state index contributed by atoms with van der Waals surface area (Å²) >= 11 is 0. The van der Waals surface area contributed by atoms with E-state index in [1.54, 1.807) is 12.1 Å². The van der Waals surface area contributed by atoms with Crippen molar-refractivity contribution >= 4 is 17.8 Å². The van der Waals surface area contributed by atoms with Crippen LogP contribution in [0.1, 0.15) is 15.9 Å². The van der Waals surface area contributed by atoms with Crippen molar-refractivity contribution < 1.29 is 24.2 Å². The largest absolute Gasteiger partial charge is 0.507 e. The number of hydrogen-bond acceptors (Lipinski definition) is 6. The first-order valence-corrected chi connectivity index (χ1v) is 7.57. The second-order valence-corrected chi connectivity index (χ2v) is 5.29. The van der Waals surface area contributed by atoms with Crippen molar-refractivity contribution in [3.8, 4) is 5.75 Å². The van der Waals surface area contributed by atoms with Gasteiger partial charge in [0.2, 0.25) is 0 Å². The Balaban J connectivity index is 1.80. The van der Waals surface area contributed by atoms with E-state index >= 15 is 0 Å². The van der Waals surface area contributed by atoms with Crippen LogP contribution < -0.4 is 11.1 Å². The number of phenols is 1. The van der Waals surface area contributed by atoms with Gasteiger partial charge in [-0.15, -0.1) is 0 Å². The molecular formula is C18H18N2O5. The number of hydrogen-bond donors (Lipinski definition) is 3. The van der Waals surface area contributed by atoms with Gasteiger partial charge in [-0.1, -0.05) is 42.5 Å². The molecule has 1 atom stereocenters. The first-order chi connectivity index (χ1) is 12.0. The summed E-state index contributed by atoms with van der Waals surface area (Å²) in [5, 5.41) is 11.8. The first-order valence-electron chi connectivity index (χ1n) is 7.57. The maximum absolute atomic E-state index is 11.8. The molecule has 25 heavy (non-hydrogen) atoms. The number of rotatable bonds is 6. The van der Waals surface area contributed by atoms with Crippen LogP contribution in [-0.4, -0.2) is 35.5 Å². The smallest absolute Gasteiger partial charge is 0.333 e. The molecule has 0 aliphatic heterocycles. The van der Waals surface area contributed by atoms with E-state index in [4.69, 9.17) is 5.73 Å². The molecule has 0 aromatic heterocycles. The minimum absolute atomic E-state index is 0.0161. The van der Waals surface area contributed by atoms with Gasteiger partial charge in [-0.2, -0.15) is 0 Å². The Bertz CT molecular complexity index is 761. The van der Waals surface area contributed by atoms with Crippen molar-refractivity contribution in [1.29, 1.82) is 0 Å². The summed E-state index contributed by atoms with van der Waals surface area (Å²) in [5.74, 6) is -2.67. The molecule has 2 aromatic rings. The standard InChI is InChI=1S/C18H18N2O5/c19-14(10-12-6-2-1-3-7-12)18(24)25-16(22)11-20-17(23)13-8-4-5-9-15(13)21/h1-9,14,21H,10-11,19H2,(H,20,23). The quantitative estimate of drug-likeness (QED) is 0.527. The van der Waals surface area contributed by atoms with Gasteiger partial charge in [0.1, 0.15) is 18.3 Å². The lowest BCUT2D eigenvalue weighted by molar-refractivity contribution is -0.159. The molecular weight excluding hydrogens is 324 g/mol. The number of benzene rings is 2. The molecule has 1 amide bonds. The zero-order valence-electron chi connectivity index (χ0n) is 13.3. The van der Waals surface area contributed by atoms with Gasteiger partial charge >= 0.3 is 11.9 Å². The molecule has 7 heteroatoms. The van der Waals surface area contributed by atoms with E-state index in [1.165, 1.54) is 12.1 Å². The van der Waals surface area contributed by atoms with Crippen molar-refractivity contribution in [2.24, 2.45) is 5.73 Å². The average Bonchev–Trinajstić information content (AvgIpc) is 2.61. The molecule has 7 nitrogen and oxygen atoms in total. The number of esters is 2. The number of nitrogens with two attached hydrogens (primary N) is 1. The zero-order valence-corrected chi connectivity index (χ0v) is 13.3. The lowest BCUT2D eigenvalue weighted by Crippen LogP contribution is -2.38. The fourth-order valence-corrected chi connectivity index (χ4v) is 2.09. The third kappa shape index (κ3) is 5.43. The van der Waals surface area contributed by atoms with Crippen molar-refractivity contribution in [3.63, 3.8) is 0 Å². The number of phenolic OH excluding ortho intramolecular Hbond substituents is 1. The molecule has 0 aliphatic rings. The second kappa shape index (κ2) is 8.60. The van der Waals surface area contributed by atoms with Crippen molar-refractivity contribution in [2.75, 3.05) is 6.54 Å². The summed E-state index contributed by atoms with van der Waals surface area (Å²) < 4.78 is 4.62. The third-order valence-electron chi connectivity index (χ3n) is 3.36. The van der Waals surface area contributed by atoms with E-state index < -0.39 is 30.4 Å². The van der Waals surface area contributed by atoms with Gasteiger partial charge in [-0.05, 0) is 24.1 Å². The van der Waals surface area contributed by atoms with Gasteiger partial charge in [0.15, 0.2) is 0 Å². The van der Waals surface area contributed by atoms with Gasteiger partial charge in [-0.3, -0.25) is 4.79 Å². The minimum Gasteiger partial charge on any atom is -0.507 e. The molecule has 0 aliphatic carbocycles. The second-order valence-electron chi connectivity index (χ2n) is 5.29. The monoisotopic (exact) mass is 342 g/mol. The van der Waals surface area contributed by atoms with E-state index in [2.05, 4.69) is 10.1 Å². The predicted molar refractivity (Wildman–Crippen MR) is 89.7 cm³/mol. The number of ether oxygens (including phenoxy) is 1. The Labute approximate surface area is 144 Å². The van der Waals surface area contributed by atoms with Crippen LogP contribution in [0.25, 0.3) is 0 Å². The molecule has 130 valence electrons. The molecule has 2 aromatic carbocycles. The maximum Gasteiger partial charge on any atom is 0.333 e.